The van der Waals surface area contributed by atoms with Gasteiger partial charge in [0.25, 0.3) is 0 Å². The highest BCUT2D eigenvalue weighted by molar-refractivity contribution is 5.15. The molecular formula is C8H14O2. The van der Waals surface area contributed by atoms with Crippen LogP contribution in [-0.2, 0) is 0 Å². The molecule has 0 radical (unpaired) electrons. The van der Waals surface area contributed by atoms with Crippen molar-refractivity contribution in [2.24, 2.45) is 17.3 Å². The van der Waals surface area contributed by atoms with E-state index in [2.05, 4.69) is 6.92 Å². The largest absolute Gasteiger partial charge is 0.390 e. The van der Waals surface area contributed by atoms with E-state index in [0.717, 1.165) is 6.42 Å². The summed E-state index contributed by atoms with van der Waals surface area (Å²) in [4.78, 5) is 0. The molecule has 5 atom stereocenters. The third-order valence-corrected chi connectivity index (χ3v) is 3.52. The predicted octanol–water partition coefficient (Wildman–Crippen LogP) is 0.384. The number of hydrogen-bond donors (Lipinski definition) is 2. The summed E-state index contributed by atoms with van der Waals surface area (Å²) in [6.07, 6.45) is 0.170. The second-order valence-corrected chi connectivity index (χ2v) is 4.11. The number of aliphatic hydroxyl groups excluding tert-OH is 2. The molecule has 2 aliphatic carbocycles. The summed E-state index contributed by atoms with van der Waals surface area (Å²) in [6.45, 7) is 4.09. The Labute approximate surface area is 60.9 Å². The molecule has 0 amide bonds. The molecule has 2 rings (SSSR count). The highest BCUT2D eigenvalue weighted by Crippen LogP contribution is 2.65. The molecular weight excluding hydrogens is 128 g/mol. The average Bonchev–Trinajstić information content (AvgIpc) is 2.54. The molecule has 0 aromatic rings. The SMILES string of the molecule is CC1C(O)C(O)C2(C)CC12. The molecule has 0 aliphatic heterocycles. The van der Waals surface area contributed by atoms with Crippen molar-refractivity contribution in [2.45, 2.75) is 32.5 Å². The summed E-state index contributed by atoms with van der Waals surface area (Å²) in [5.41, 5.74) is 0.0683. The minimum absolute atomic E-state index is 0.0683. The molecule has 2 fully saturated rings. The average molecular weight is 142 g/mol. The van der Waals surface area contributed by atoms with Gasteiger partial charge in [-0.25, -0.2) is 0 Å². The summed E-state index contributed by atoms with van der Waals surface area (Å²) in [7, 11) is 0. The Kier molecular flexibility index (Phi) is 1.03. The number of fused-ring (bicyclic) bond motifs is 1. The van der Waals surface area contributed by atoms with E-state index < -0.39 is 12.2 Å². The van der Waals surface area contributed by atoms with Gasteiger partial charge in [-0.3, -0.25) is 0 Å². The van der Waals surface area contributed by atoms with Crippen molar-refractivity contribution in [3.8, 4) is 0 Å². The van der Waals surface area contributed by atoms with Crippen molar-refractivity contribution < 1.29 is 10.2 Å². The van der Waals surface area contributed by atoms with E-state index in [4.69, 9.17) is 0 Å². The Hall–Kier alpha value is -0.0800. The van der Waals surface area contributed by atoms with Gasteiger partial charge in [0.2, 0.25) is 0 Å². The zero-order chi connectivity index (χ0) is 7.52. The third kappa shape index (κ3) is 0.523. The van der Waals surface area contributed by atoms with Gasteiger partial charge in [-0.2, -0.15) is 0 Å². The lowest BCUT2D eigenvalue weighted by Crippen LogP contribution is -2.31. The minimum atomic E-state index is -0.469. The molecule has 0 aromatic carbocycles. The normalized spacial score (nSPS) is 66.0. The maximum Gasteiger partial charge on any atom is 0.0858 e. The van der Waals surface area contributed by atoms with Crippen LogP contribution in [0.5, 0.6) is 0 Å². The van der Waals surface area contributed by atoms with Crippen molar-refractivity contribution in [3.63, 3.8) is 0 Å². The lowest BCUT2D eigenvalue weighted by atomic mass is 10.0. The highest BCUT2D eigenvalue weighted by Gasteiger charge is 2.66. The van der Waals surface area contributed by atoms with E-state index in [-0.39, 0.29) is 5.41 Å². The van der Waals surface area contributed by atoms with Crippen LogP contribution in [0.15, 0.2) is 0 Å². The topological polar surface area (TPSA) is 40.5 Å². The molecule has 2 saturated carbocycles. The summed E-state index contributed by atoms with van der Waals surface area (Å²) >= 11 is 0. The fourth-order valence-electron chi connectivity index (χ4n) is 2.46. The van der Waals surface area contributed by atoms with Gasteiger partial charge in [0.1, 0.15) is 0 Å². The second kappa shape index (κ2) is 1.56. The van der Waals surface area contributed by atoms with E-state index in [1.807, 2.05) is 6.92 Å². The van der Waals surface area contributed by atoms with Crippen LogP contribution in [-0.4, -0.2) is 22.4 Å². The van der Waals surface area contributed by atoms with E-state index in [1.54, 1.807) is 0 Å². The monoisotopic (exact) mass is 142 g/mol. The van der Waals surface area contributed by atoms with Gasteiger partial charge in [0, 0.05) is 0 Å². The Morgan fingerprint density at radius 3 is 2.20 bits per heavy atom. The molecule has 0 aromatic heterocycles. The van der Waals surface area contributed by atoms with Gasteiger partial charge in [-0.1, -0.05) is 13.8 Å². The Balaban J connectivity index is 2.23. The second-order valence-electron chi connectivity index (χ2n) is 4.11. The van der Waals surface area contributed by atoms with Crippen molar-refractivity contribution in [1.29, 1.82) is 0 Å². The van der Waals surface area contributed by atoms with Crippen molar-refractivity contribution >= 4 is 0 Å². The summed E-state index contributed by atoms with van der Waals surface area (Å²) < 4.78 is 0. The summed E-state index contributed by atoms with van der Waals surface area (Å²) in [5.74, 6) is 0.887. The number of hydrogen-bond acceptors (Lipinski definition) is 2. The first-order valence-corrected chi connectivity index (χ1v) is 3.93. The number of rotatable bonds is 0. The van der Waals surface area contributed by atoms with Crippen molar-refractivity contribution in [1.82, 2.24) is 0 Å². The third-order valence-electron chi connectivity index (χ3n) is 3.52. The van der Waals surface area contributed by atoms with Gasteiger partial charge in [0.15, 0.2) is 0 Å². The van der Waals surface area contributed by atoms with Crippen LogP contribution in [0.25, 0.3) is 0 Å². The molecule has 0 bridgehead atoms. The van der Waals surface area contributed by atoms with Crippen molar-refractivity contribution in [2.75, 3.05) is 0 Å². The van der Waals surface area contributed by atoms with Crippen LogP contribution in [0.1, 0.15) is 20.3 Å². The van der Waals surface area contributed by atoms with Crippen LogP contribution in [0.3, 0.4) is 0 Å². The minimum Gasteiger partial charge on any atom is -0.390 e. The lowest BCUT2D eigenvalue weighted by Gasteiger charge is -2.18. The maximum absolute atomic E-state index is 9.49. The molecule has 0 spiro atoms. The van der Waals surface area contributed by atoms with Crippen LogP contribution >= 0.6 is 0 Å². The van der Waals surface area contributed by atoms with Gasteiger partial charge in [-0.15, -0.1) is 0 Å². The Morgan fingerprint density at radius 1 is 1.40 bits per heavy atom. The fraction of sp³-hybridized carbons (Fsp3) is 1.00. The van der Waals surface area contributed by atoms with E-state index >= 15 is 0 Å². The van der Waals surface area contributed by atoms with Crippen molar-refractivity contribution in [3.05, 3.63) is 0 Å². The highest BCUT2D eigenvalue weighted by atomic mass is 16.3. The zero-order valence-corrected chi connectivity index (χ0v) is 6.41. The fourth-order valence-corrected chi connectivity index (χ4v) is 2.46. The molecule has 2 nitrogen and oxygen atoms in total. The quantitative estimate of drug-likeness (QED) is 0.513. The van der Waals surface area contributed by atoms with Gasteiger partial charge in [0.05, 0.1) is 12.2 Å². The van der Waals surface area contributed by atoms with E-state index in [0.29, 0.717) is 11.8 Å². The van der Waals surface area contributed by atoms with Crippen LogP contribution in [0, 0.1) is 17.3 Å². The first-order valence-electron chi connectivity index (χ1n) is 3.93. The maximum atomic E-state index is 9.49. The number of aliphatic hydroxyl groups is 2. The molecule has 2 heteroatoms. The Morgan fingerprint density at radius 2 is 2.00 bits per heavy atom. The zero-order valence-electron chi connectivity index (χ0n) is 6.41. The molecule has 0 heterocycles. The summed E-state index contributed by atoms with van der Waals surface area (Å²) in [6, 6.07) is 0. The van der Waals surface area contributed by atoms with Gasteiger partial charge in [-0.05, 0) is 23.7 Å². The van der Waals surface area contributed by atoms with E-state index in [9.17, 15) is 10.2 Å². The lowest BCUT2D eigenvalue weighted by molar-refractivity contribution is -0.0136. The van der Waals surface area contributed by atoms with Crippen LogP contribution in [0.4, 0.5) is 0 Å². The first-order chi connectivity index (χ1) is 4.57. The molecule has 58 valence electrons. The standard InChI is InChI=1S/C8H14O2/c1-4-5-3-8(5,2)7(10)6(4)9/h4-7,9-10H,3H2,1-2H3. The molecule has 10 heavy (non-hydrogen) atoms. The van der Waals surface area contributed by atoms with Gasteiger partial charge >= 0.3 is 0 Å². The van der Waals surface area contributed by atoms with Crippen LogP contribution < -0.4 is 0 Å². The molecule has 2 N–H and O–H groups in total. The molecule has 5 unspecified atom stereocenters. The smallest absolute Gasteiger partial charge is 0.0858 e. The molecule has 0 saturated heterocycles. The predicted molar refractivity (Wildman–Crippen MR) is 37.4 cm³/mol. The van der Waals surface area contributed by atoms with Gasteiger partial charge < -0.3 is 10.2 Å². The van der Waals surface area contributed by atoms with Crippen LogP contribution in [0.2, 0.25) is 0 Å². The molecule has 2 aliphatic rings. The van der Waals surface area contributed by atoms with E-state index in [1.165, 1.54) is 0 Å². The summed E-state index contributed by atoms with van der Waals surface area (Å²) in [5, 5.41) is 18.9. The Bertz CT molecular complexity index is 164. The first kappa shape index (κ1) is 6.62.